The highest BCUT2D eigenvalue weighted by Crippen LogP contribution is 2.59. The van der Waals surface area contributed by atoms with Crippen LogP contribution in [-0.2, 0) is 4.57 Å². The lowest BCUT2D eigenvalue weighted by Crippen LogP contribution is -2.22. The van der Waals surface area contributed by atoms with E-state index in [1.807, 2.05) is 92.4 Å². The molecule has 121 valence electrons. The van der Waals surface area contributed by atoms with E-state index in [4.69, 9.17) is 0 Å². The molecule has 1 saturated carbocycles. The minimum Gasteiger partial charge on any atom is -0.313 e. The maximum Gasteiger partial charge on any atom is 0.151 e. The highest BCUT2D eigenvalue weighted by Gasteiger charge is 2.40. The number of benzene rings is 3. The van der Waals surface area contributed by atoms with E-state index in [0.717, 1.165) is 27.4 Å². The molecule has 1 atom stereocenters. The van der Waals surface area contributed by atoms with Crippen molar-refractivity contribution in [2.45, 2.75) is 0 Å². The summed E-state index contributed by atoms with van der Waals surface area (Å²) in [4.78, 5) is 0. The van der Waals surface area contributed by atoms with E-state index >= 15 is 0 Å². The Hall–Kier alpha value is -2.11. The zero-order valence-electron chi connectivity index (χ0n) is 13.7. The summed E-state index contributed by atoms with van der Waals surface area (Å²) in [6.45, 7) is 0. The molecule has 1 nitrogen and oxygen atoms in total. The summed E-state index contributed by atoms with van der Waals surface area (Å²) in [7, 11) is -2.93. The minimum atomic E-state index is -2.93. The van der Waals surface area contributed by atoms with Crippen LogP contribution in [0, 0.1) is 31.3 Å². The Kier molecular flexibility index (Phi) is 4.59. The van der Waals surface area contributed by atoms with Crippen molar-refractivity contribution in [2.75, 3.05) is 0 Å². The van der Waals surface area contributed by atoms with Crippen LogP contribution in [0.1, 0.15) is 0 Å². The van der Waals surface area contributed by atoms with Gasteiger partial charge in [0.25, 0.3) is 0 Å². The van der Waals surface area contributed by atoms with Crippen LogP contribution in [0.2, 0.25) is 0 Å². The first-order valence-electron chi connectivity index (χ1n) is 8.33. The smallest absolute Gasteiger partial charge is 0.151 e. The molecule has 3 aromatic rings. The Balaban J connectivity index is 1.94. The average molecular weight is 341 g/mol. The van der Waals surface area contributed by atoms with E-state index in [1.54, 1.807) is 0 Å². The summed E-state index contributed by atoms with van der Waals surface area (Å²) in [6.07, 6.45) is 7.84. The Labute approximate surface area is 150 Å². The van der Waals surface area contributed by atoms with E-state index in [1.165, 1.54) is 0 Å². The maximum absolute atomic E-state index is 14.5. The van der Waals surface area contributed by atoms with Gasteiger partial charge in [-0.05, 0) is 36.8 Å². The lowest BCUT2D eigenvalue weighted by Gasteiger charge is -2.27. The molecule has 0 saturated heterocycles. The third-order valence-electron chi connectivity index (χ3n) is 4.46. The molecule has 0 aliphatic heterocycles. The van der Waals surface area contributed by atoms with Gasteiger partial charge in [0.1, 0.15) is 0 Å². The monoisotopic (exact) mass is 341 g/mol. The van der Waals surface area contributed by atoms with Gasteiger partial charge in [-0.1, -0.05) is 84.9 Å². The summed E-state index contributed by atoms with van der Waals surface area (Å²) in [5, 5.41) is 1.75. The van der Waals surface area contributed by atoms with Crippen molar-refractivity contribution in [3.8, 4) is 11.1 Å². The van der Waals surface area contributed by atoms with Gasteiger partial charge in [0.2, 0.25) is 0 Å². The van der Waals surface area contributed by atoms with Gasteiger partial charge in [-0.25, -0.2) is 0 Å². The molecule has 0 N–H and O–H groups in total. The maximum atomic E-state index is 14.5. The molecule has 5 radical (unpaired) electrons. The van der Waals surface area contributed by atoms with Crippen molar-refractivity contribution in [1.29, 1.82) is 0 Å². The van der Waals surface area contributed by atoms with Crippen LogP contribution >= 0.6 is 7.14 Å². The fourth-order valence-corrected chi connectivity index (χ4v) is 6.13. The summed E-state index contributed by atoms with van der Waals surface area (Å²) in [5.74, 6) is 0. The van der Waals surface area contributed by atoms with Gasteiger partial charge in [-0.3, -0.25) is 0 Å². The second-order valence-corrected chi connectivity index (χ2v) is 8.70. The fourth-order valence-electron chi connectivity index (χ4n) is 3.25. The quantitative estimate of drug-likeness (QED) is 0.608. The molecule has 0 aromatic heterocycles. The molecule has 0 unspecified atom stereocenters. The molecule has 1 aliphatic carbocycles. The summed E-state index contributed by atoms with van der Waals surface area (Å²) < 4.78 is 14.5. The minimum absolute atomic E-state index is 0.865. The molecule has 3 aromatic carbocycles. The Morgan fingerprint density at radius 1 is 0.600 bits per heavy atom. The number of hydrogen-bond donors (Lipinski definition) is 0. The van der Waals surface area contributed by atoms with Crippen molar-refractivity contribution >= 4 is 17.8 Å². The Morgan fingerprint density at radius 2 is 1.16 bits per heavy atom. The van der Waals surface area contributed by atoms with Crippen LogP contribution in [0.5, 0.6) is 0 Å². The summed E-state index contributed by atoms with van der Waals surface area (Å²) in [5.41, 5.74) is 2.99. The van der Waals surface area contributed by atoms with E-state index < -0.39 is 7.14 Å². The van der Waals surface area contributed by atoms with E-state index in [9.17, 15) is 4.57 Å². The highest BCUT2D eigenvalue weighted by atomic mass is 31.2. The van der Waals surface area contributed by atoms with Gasteiger partial charge in [0, 0.05) is 10.6 Å². The zero-order valence-corrected chi connectivity index (χ0v) is 14.6. The van der Waals surface area contributed by atoms with Crippen molar-refractivity contribution in [3.63, 3.8) is 0 Å². The number of rotatable bonds is 4. The van der Waals surface area contributed by atoms with Crippen LogP contribution in [0.3, 0.4) is 0 Å². The Morgan fingerprint density at radius 3 is 1.84 bits per heavy atom. The van der Waals surface area contributed by atoms with Crippen molar-refractivity contribution in [2.24, 2.45) is 0 Å². The highest BCUT2D eigenvalue weighted by molar-refractivity contribution is 7.82. The van der Waals surface area contributed by atoms with Gasteiger partial charge in [0.05, 0.1) is 5.66 Å². The molecule has 1 fully saturated rings. The first-order valence-corrected chi connectivity index (χ1v) is 10.0. The average Bonchev–Trinajstić information content (AvgIpc) is 3.24. The van der Waals surface area contributed by atoms with Gasteiger partial charge < -0.3 is 4.57 Å². The van der Waals surface area contributed by atoms with Crippen LogP contribution in [0.25, 0.3) is 11.1 Å². The van der Waals surface area contributed by atoms with Crippen LogP contribution in [0.4, 0.5) is 0 Å². The van der Waals surface area contributed by atoms with Crippen molar-refractivity contribution < 1.29 is 4.57 Å². The standard InChI is InChI=1S/C23H18OP/c24-25(21-15-7-8-16-21,20-13-5-2-6-14-20)23-18-10-9-17-22(23)19-11-3-1-4-12-19/h1-18H/t25-/m0/s1. The molecule has 0 amide bonds. The van der Waals surface area contributed by atoms with Gasteiger partial charge in [-0.2, -0.15) is 0 Å². The first kappa shape index (κ1) is 16.4. The molecule has 4 rings (SSSR count). The van der Waals surface area contributed by atoms with Crippen LogP contribution < -0.4 is 10.6 Å². The van der Waals surface area contributed by atoms with E-state index in [2.05, 4.69) is 18.2 Å². The van der Waals surface area contributed by atoms with Gasteiger partial charge >= 0.3 is 0 Å². The van der Waals surface area contributed by atoms with Gasteiger partial charge in [-0.15, -0.1) is 0 Å². The molecule has 2 heteroatoms. The molecule has 0 heterocycles. The predicted molar refractivity (Wildman–Crippen MR) is 106 cm³/mol. The van der Waals surface area contributed by atoms with Crippen LogP contribution in [0.15, 0.2) is 84.9 Å². The fraction of sp³-hybridized carbons (Fsp3) is 0. The third-order valence-corrected chi connectivity index (χ3v) is 7.58. The largest absolute Gasteiger partial charge is 0.313 e. The molecular formula is C23H18OP. The second kappa shape index (κ2) is 7.02. The predicted octanol–water partition coefficient (Wildman–Crippen LogP) is 5.03. The molecular weight excluding hydrogens is 323 g/mol. The summed E-state index contributed by atoms with van der Waals surface area (Å²) >= 11 is 0. The van der Waals surface area contributed by atoms with E-state index in [0.29, 0.717) is 0 Å². The normalized spacial score (nSPS) is 17.3. The van der Waals surface area contributed by atoms with Crippen LogP contribution in [-0.4, -0.2) is 0 Å². The SMILES string of the molecule is O=[P@]([C]1[CH][CH][CH][CH]1)(c1ccccc1)c1ccccc1-c1ccccc1. The Bertz CT molecular complexity index is 880. The lowest BCUT2D eigenvalue weighted by atomic mass is 10.1. The van der Waals surface area contributed by atoms with E-state index in [-0.39, 0.29) is 0 Å². The second-order valence-electron chi connectivity index (χ2n) is 5.97. The molecule has 1 aliphatic rings. The van der Waals surface area contributed by atoms with Gasteiger partial charge in [0.15, 0.2) is 7.14 Å². The first-order chi connectivity index (χ1) is 12.3. The van der Waals surface area contributed by atoms with Crippen molar-refractivity contribution in [3.05, 3.63) is 116 Å². The zero-order chi connectivity index (χ0) is 17.1. The lowest BCUT2D eigenvalue weighted by molar-refractivity contribution is 0.589. The van der Waals surface area contributed by atoms with Crippen molar-refractivity contribution in [1.82, 2.24) is 0 Å². The molecule has 0 bridgehead atoms. The molecule has 25 heavy (non-hydrogen) atoms. The topological polar surface area (TPSA) is 17.1 Å². The summed E-state index contributed by atoms with van der Waals surface area (Å²) in [6, 6.07) is 28.0. The molecule has 0 spiro atoms. The third kappa shape index (κ3) is 2.98. The number of hydrogen-bond acceptors (Lipinski definition) is 1.